The number of halogens is 1. The van der Waals surface area contributed by atoms with Crippen molar-refractivity contribution in [3.05, 3.63) is 39.4 Å². The lowest BCUT2D eigenvalue weighted by Gasteiger charge is -2.03. The zero-order valence-electron chi connectivity index (χ0n) is 8.36. The van der Waals surface area contributed by atoms with Gasteiger partial charge in [-0.1, -0.05) is 0 Å². The van der Waals surface area contributed by atoms with Crippen molar-refractivity contribution in [1.82, 2.24) is 0 Å². The fourth-order valence-electron chi connectivity index (χ4n) is 1.24. The highest BCUT2D eigenvalue weighted by atomic mass is 35.5. The Balaban J connectivity index is 3.12. The maximum Gasteiger partial charge on any atom is 0.272 e. The molecule has 0 radical (unpaired) electrons. The summed E-state index contributed by atoms with van der Waals surface area (Å²) in [7, 11) is 0. The standard InChI is InChI=1S/C10H10ClNO3/c1-6-5-8(10(13)7(2)11)3-4-9(6)12(14)15/h3-5,7H,1-2H3. The molecule has 1 unspecified atom stereocenters. The van der Waals surface area contributed by atoms with Crippen LogP contribution in [0.5, 0.6) is 0 Å². The summed E-state index contributed by atoms with van der Waals surface area (Å²) in [6, 6.07) is 4.23. The summed E-state index contributed by atoms with van der Waals surface area (Å²) < 4.78 is 0. The summed E-state index contributed by atoms with van der Waals surface area (Å²) in [5.74, 6) is -0.227. The molecule has 5 heteroatoms. The predicted octanol–water partition coefficient (Wildman–Crippen LogP) is 2.71. The topological polar surface area (TPSA) is 60.2 Å². The minimum atomic E-state index is -0.620. The molecular weight excluding hydrogens is 218 g/mol. The van der Waals surface area contributed by atoms with Gasteiger partial charge in [-0.25, -0.2) is 0 Å². The summed E-state index contributed by atoms with van der Waals surface area (Å²) in [5.41, 5.74) is 0.873. The molecule has 1 atom stereocenters. The van der Waals surface area contributed by atoms with Gasteiger partial charge >= 0.3 is 0 Å². The van der Waals surface area contributed by atoms with Crippen LogP contribution in [0.3, 0.4) is 0 Å². The first-order valence-electron chi connectivity index (χ1n) is 4.37. The number of rotatable bonds is 3. The van der Waals surface area contributed by atoms with Gasteiger partial charge < -0.3 is 0 Å². The van der Waals surface area contributed by atoms with E-state index in [1.165, 1.54) is 18.2 Å². The number of hydrogen-bond donors (Lipinski definition) is 0. The van der Waals surface area contributed by atoms with E-state index >= 15 is 0 Å². The number of Topliss-reactive ketones (excluding diaryl/α,β-unsaturated/α-hetero) is 1. The number of nitrogens with zero attached hydrogens (tertiary/aromatic N) is 1. The Morgan fingerprint density at radius 2 is 2.13 bits per heavy atom. The second kappa shape index (κ2) is 4.40. The third-order valence-corrected chi connectivity index (χ3v) is 2.24. The van der Waals surface area contributed by atoms with Crippen molar-refractivity contribution in [3.8, 4) is 0 Å². The molecule has 0 N–H and O–H groups in total. The van der Waals surface area contributed by atoms with Gasteiger partial charge in [-0.05, 0) is 26.0 Å². The van der Waals surface area contributed by atoms with Crippen molar-refractivity contribution in [2.45, 2.75) is 19.2 Å². The van der Waals surface area contributed by atoms with E-state index < -0.39 is 10.3 Å². The lowest BCUT2D eigenvalue weighted by Crippen LogP contribution is -2.10. The number of carbonyl (C=O) groups excluding carboxylic acids is 1. The third kappa shape index (κ3) is 2.53. The van der Waals surface area contributed by atoms with E-state index in [9.17, 15) is 14.9 Å². The minimum absolute atomic E-state index is 0.00813. The van der Waals surface area contributed by atoms with Crippen molar-refractivity contribution >= 4 is 23.1 Å². The number of nitro groups is 1. The van der Waals surface area contributed by atoms with Crippen LogP contribution in [0, 0.1) is 17.0 Å². The molecular formula is C10H10ClNO3. The fraction of sp³-hybridized carbons (Fsp3) is 0.300. The van der Waals surface area contributed by atoms with Crippen LogP contribution >= 0.6 is 11.6 Å². The van der Waals surface area contributed by atoms with Crippen LogP contribution in [0.15, 0.2) is 18.2 Å². The molecule has 0 saturated heterocycles. The van der Waals surface area contributed by atoms with Crippen molar-refractivity contribution < 1.29 is 9.72 Å². The summed E-state index contributed by atoms with van der Waals surface area (Å²) in [4.78, 5) is 21.5. The Hall–Kier alpha value is -1.42. The molecule has 0 aromatic heterocycles. The molecule has 0 aliphatic heterocycles. The smallest absolute Gasteiger partial charge is 0.272 e. The number of aryl methyl sites for hydroxylation is 1. The van der Waals surface area contributed by atoms with Gasteiger partial charge in [0.2, 0.25) is 0 Å². The van der Waals surface area contributed by atoms with Crippen molar-refractivity contribution in [2.24, 2.45) is 0 Å². The summed E-state index contributed by atoms with van der Waals surface area (Å²) in [6.45, 7) is 3.16. The second-order valence-electron chi connectivity index (χ2n) is 3.24. The number of nitro benzene ring substituents is 1. The molecule has 0 aliphatic rings. The van der Waals surface area contributed by atoms with Crippen molar-refractivity contribution in [1.29, 1.82) is 0 Å². The highest BCUT2D eigenvalue weighted by molar-refractivity contribution is 6.33. The Bertz CT molecular complexity index is 415. The molecule has 0 spiro atoms. The van der Waals surface area contributed by atoms with E-state index in [1.54, 1.807) is 13.8 Å². The number of alkyl halides is 1. The first-order chi connectivity index (χ1) is 6.93. The second-order valence-corrected chi connectivity index (χ2v) is 3.89. The summed E-state index contributed by atoms with van der Waals surface area (Å²) >= 11 is 5.63. The first-order valence-corrected chi connectivity index (χ1v) is 4.80. The number of carbonyl (C=O) groups is 1. The Morgan fingerprint density at radius 1 is 1.53 bits per heavy atom. The van der Waals surface area contributed by atoms with Gasteiger partial charge in [0.15, 0.2) is 5.78 Å². The summed E-state index contributed by atoms with van der Waals surface area (Å²) in [6.07, 6.45) is 0. The monoisotopic (exact) mass is 227 g/mol. The van der Waals surface area contributed by atoms with Crippen molar-refractivity contribution in [3.63, 3.8) is 0 Å². The Labute approximate surface area is 92.0 Å². The largest absolute Gasteiger partial charge is 0.293 e. The minimum Gasteiger partial charge on any atom is -0.293 e. The Morgan fingerprint density at radius 3 is 2.53 bits per heavy atom. The molecule has 15 heavy (non-hydrogen) atoms. The van der Waals surface area contributed by atoms with E-state index in [-0.39, 0.29) is 11.5 Å². The van der Waals surface area contributed by atoms with E-state index in [2.05, 4.69) is 0 Å². The zero-order valence-corrected chi connectivity index (χ0v) is 9.12. The van der Waals surface area contributed by atoms with E-state index in [0.29, 0.717) is 11.1 Å². The lowest BCUT2D eigenvalue weighted by molar-refractivity contribution is -0.385. The van der Waals surface area contributed by atoms with Gasteiger partial charge in [0.25, 0.3) is 5.69 Å². The molecule has 1 rings (SSSR count). The van der Waals surface area contributed by atoms with Crippen LogP contribution in [-0.2, 0) is 0 Å². The van der Waals surface area contributed by atoms with E-state index in [1.807, 2.05) is 0 Å². The average Bonchev–Trinajstić information content (AvgIpc) is 2.15. The molecule has 0 amide bonds. The van der Waals surface area contributed by atoms with Gasteiger partial charge in [-0.15, -0.1) is 11.6 Å². The van der Waals surface area contributed by atoms with Crippen LogP contribution in [0.4, 0.5) is 5.69 Å². The summed E-state index contributed by atoms with van der Waals surface area (Å²) in [5, 5.41) is 9.91. The van der Waals surface area contributed by atoms with Crippen LogP contribution < -0.4 is 0 Å². The average molecular weight is 228 g/mol. The molecule has 0 aliphatic carbocycles. The van der Waals surface area contributed by atoms with E-state index in [4.69, 9.17) is 11.6 Å². The quantitative estimate of drug-likeness (QED) is 0.345. The molecule has 80 valence electrons. The Kier molecular flexibility index (Phi) is 3.42. The normalized spacial score (nSPS) is 12.2. The van der Waals surface area contributed by atoms with Crippen LogP contribution in [0.25, 0.3) is 0 Å². The lowest BCUT2D eigenvalue weighted by atomic mass is 10.0. The molecule has 0 fully saturated rings. The van der Waals surface area contributed by atoms with Gasteiger partial charge in [-0.3, -0.25) is 14.9 Å². The number of benzene rings is 1. The van der Waals surface area contributed by atoms with Gasteiger partial charge in [0, 0.05) is 17.2 Å². The third-order valence-electron chi connectivity index (χ3n) is 2.04. The number of hydrogen-bond acceptors (Lipinski definition) is 3. The molecule has 1 aromatic carbocycles. The molecule has 0 saturated carbocycles. The highest BCUT2D eigenvalue weighted by Gasteiger charge is 2.16. The van der Waals surface area contributed by atoms with Crippen LogP contribution in [0.2, 0.25) is 0 Å². The van der Waals surface area contributed by atoms with Gasteiger partial charge in [0.05, 0.1) is 10.3 Å². The highest BCUT2D eigenvalue weighted by Crippen LogP contribution is 2.20. The van der Waals surface area contributed by atoms with E-state index in [0.717, 1.165) is 0 Å². The zero-order chi connectivity index (χ0) is 11.6. The number of ketones is 1. The first kappa shape index (κ1) is 11.7. The van der Waals surface area contributed by atoms with Crippen molar-refractivity contribution in [2.75, 3.05) is 0 Å². The van der Waals surface area contributed by atoms with Crippen LogP contribution in [-0.4, -0.2) is 16.1 Å². The molecule has 1 aromatic rings. The molecule has 0 heterocycles. The van der Waals surface area contributed by atoms with Gasteiger partial charge in [-0.2, -0.15) is 0 Å². The maximum absolute atomic E-state index is 11.5. The van der Waals surface area contributed by atoms with Crippen LogP contribution in [0.1, 0.15) is 22.8 Å². The molecule has 0 bridgehead atoms. The fourth-order valence-corrected chi connectivity index (χ4v) is 1.37. The molecule has 4 nitrogen and oxygen atoms in total. The van der Waals surface area contributed by atoms with Gasteiger partial charge in [0.1, 0.15) is 0 Å². The predicted molar refractivity (Wildman–Crippen MR) is 57.5 cm³/mol. The SMILES string of the molecule is Cc1cc(C(=O)C(C)Cl)ccc1[N+](=O)[O-]. The maximum atomic E-state index is 11.5.